The lowest BCUT2D eigenvalue weighted by atomic mass is 9.69. The highest BCUT2D eigenvalue weighted by Gasteiger charge is 2.34. The van der Waals surface area contributed by atoms with Crippen LogP contribution in [-0.4, -0.2) is 24.9 Å². The van der Waals surface area contributed by atoms with E-state index in [-0.39, 0.29) is 12.3 Å². The molecular formula is C20H36O3Si. The Morgan fingerprint density at radius 1 is 1.21 bits per heavy atom. The fourth-order valence-electron chi connectivity index (χ4n) is 3.89. The highest BCUT2D eigenvalue weighted by Crippen LogP contribution is 2.43. The molecule has 0 aliphatic heterocycles. The summed E-state index contributed by atoms with van der Waals surface area (Å²) in [6.45, 7) is 11.3. The first-order valence-corrected chi connectivity index (χ1v) is 13.2. The van der Waals surface area contributed by atoms with Crippen LogP contribution in [0.2, 0.25) is 19.6 Å². The second kappa shape index (κ2) is 9.55. The van der Waals surface area contributed by atoms with Crippen LogP contribution in [0.15, 0.2) is 11.3 Å². The van der Waals surface area contributed by atoms with Gasteiger partial charge in [-0.05, 0) is 43.4 Å². The molecule has 3 atom stereocenters. The third-order valence-corrected chi connectivity index (χ3v) is 6.32. The van der Waals surface area contributed by atoms with Gasteiger partial charge >= 0.3 is 5.97 Å². The van der Waals surface area contributed by atoms with E-state index in [1.807, 2.05) is 0 Å². The molecule has 1 aliphatic carbocycles. The molecule has 4 heteroatoms. The SMILES string of the molecule is CCCCC(=O)CC[C@@H]1/C(=C/[Si](C)(C)C)[C@H](CC(=O)O)CC[C@H]1C. The monoisotopic (exact) mass is 352 g/mol. The number of ketones is 1. The number of unbranched alkanes of at least 4 members (excludes halogenated alkanes) is 1. The molecule has 1 N–H and O–H groups in total. The second-order valence-electron chi connectivity index (χ2n) is 8.65. The van der Waals surface area contributed by atoms with Crippen molar-refractivity contribution >= 4 is 19.8 Å². The number of rotatable bonds is 9. The quantitative estimate of drug-likeness (QED) is 0.560. The first-order valence-electron chi connectivity index (χ1n) is 9.60. The average molecular weight is 353 g/mol. The molecule has 0 bridgehead atoms. The summed E-state index contributed by atoms with van der Waals surface area (Å²) in [7, 11) is -1.43. The van der Waals surface area contributed by atoms with E-state index in [1.165, 1.54) is 5.57 Å². The summed E-state index contributed by atoms with van der Waals surface area (Å²) in [6, 6.07) is 0. The Labute approximate surface area is 148 Å². The number of carboxylic acids is 1. The maximum Gasteiger partial charge on any atom is 0.303 e. The molecule has 24 heavy (non-hydrogen) atoms. The largest absolute Gasteiger partial charge is 0.481 e. The lowest BCUT2D eigenvalue weighted by Gasteiger charge is -2.38. The predicted molar refractivity (Wildman–Crippen MR) is 103 cm³/mol. The molecule has 0 aromatic carbocycles. The standard InChI is InChI=1S/C20H36O3Si/c1-6-7-8-17(21)11-12-18-15(2)9-10-16(13-20(22)23)19(18)14-24(3,4)5/h14-16,18H,6-13H2,1-5H3,(H,22,23)/b19-14+/t15-,16+,18+/m1/s1. The maximum absolute atomic E-state index is 12.1. The number of carboxylic acid groups (broad SMARTS) is 1. The molecule has 0 radical (unpaired) electrons. The third-order valence-electron chi connectivity index (χ3n) is 5.12. The Balaban J connectivity index is 2.91. The van der Waals surface area contributed by atoms with E-state index in [0.29, 0.717) is 30.5 Å². The summed E-state index contributed by atoms with van der Waals surface area (Å²) in [5, 5.41) is 9.28. The van der Waals surface area contributed by atoms with E-state index >= 15 is 0 Å². The highest BCUT2D eigenvalue weighted by atomic mass is 28.3. The van der Waals surface area contributed by atoms with E-state index in [9.17, 15) is 14.7 Å². The number of Topliss-reactive ketones (excluding diaryl/α,β-unsaturated/α-hetero) is 1. The van der Waals surface area contributed by atoms with Gasteiger partial charge in [-0.15, -0.1) is 0 Å². The van der Waals surface area contributed by atoms with E-state index in [0.717, 1.165) is 32.1 Å². The van der Waals surface area contributed by atoms with Crippen LogP contribution in [0, 0.1) is 17.8 Å². The van der Waals surface area contributed by atoms with E-state index < -0.39 is 14.0 Å². The minimum atomic E-state index is -1.43. The summed E-state index contributed by atoms with van der Waals surface area (Å²) >= 11 is 0. The number of carbonyl (C=O) groups is 2. The topological polar surface area (TPSA) is 54.4 Å². The van der Waals surface area contributed by atoms with Gasteiger partial charge in [-0.3, -0.25) is 9.59 Å². The summed E-state index contributed by atoms with van der Waals surface area (Å²) < 4.78 is 0. The first-order chi connectivity index (χ1) is 11.1. The van der Waals surface area contributed by atoms with E-state index in [1.54, 1.807) is 0 Å². The third kappa shape index (κ3) is 7.33. The Morgan fingerprint density at radius 2 is 1.88 bits per heavy atom. The van der Waals surface area contributed by atoms with Crippen molar-refractivity contribution in [3.05, 3.63) is 11.3 Å². The molecule has 1 saturated carbocycles. The Hall–Kier alpha value is -0.903. The zero-order valence-corrected chi connectivity index (χ0v) is 17.2. The molecule has 0 spiro atoms. The predicted octanol–water partition coefficient (Wildman–Crippen LogP) is 5.47. The Bertz CT molecular complexity index is 462. The molecule has 0 heterocycles. The number of allylic oxidation sites excluding steroid dienone is 1. The van der Waals surface area contributed by atoms with Crippen molar-refractivity contribution in [2.45, 2.75) is 84.9 Å². The van der Waals surface area contributed by atoms with Crippen LogP contribution >= 0.6 is 0 Å². The molecular weight excluding hydrogens is 316 g/mol. The van der Waals surface area contributed by atoms with Crippen molar-refractivity contribution in [2.24, 2.45) is 17.8 Å². The van der Waals surface area contributed by atoms with Gasteiger partial charge in [0, 0.05) is 12.8 Å². The van der Waals surface area contributed by atoms with Crippen molar-refractivity contribution in [3.8, 4) is 0 Å². The Kier molecular flexibility index (Phi) is 8.41. The molecule has 0 saturated heterocycles. The van der Waals surface area contributed by atoms with Gasteiger partial charge in [0.15, 0.2) is 0 Å². The van der Waals surface area contributed by atoms with Crippen molar-refractivity contribution in [1.82, 2.24) is 0 Å². The van der Waals surface area contributed by atoms with Crippen molar-refractivity contribution in [3.63, 3.8) is 0 Å². The molecule has 0 aromatic rings. The number of hydrogen-bond donors (Lipinski definition) is 1. The van der Waals surface area contributed by atoms with Gasteiger partial charge in [0.05, 0.1) is 14.5 Å². The molecule has 1 aliphatic rings. The van der Waals surface area contributed by atoms with Crippen LogP contribution < -0.4 is 0 Å². The molecule has 0 amide bonds. The fraction of sp³-hybridized carbons (Fsp3) is 0.800. The zero-order valence-electron chi connectivity index (χ0n) is 16.2. The van der Waals surface area contributed by atoms with Crippen LogP contribution in [-0.2, 0) is 9.59 Å². The highest BCUT2D eigenvalue weighted by molar-refractivity contribution is 6.81. The summed E-state index contributed by atoms with van der Waals surface area (Å²) in [4.78, 5) is 23.4. The Morgan fingerprint density at radius 3 is 2.42 bits per heavy atom. The van der Waals surface area contributed by atoms with Crippen LogP contribution in [0.25, 0.3) is 0 Å². The minimum absolute atomic E-state index is 0.168. The van der Waals surface area contributed by atoms with Gasteiger partial charge in [-0.1, -0.05) is 51.2 Å². The van der Waals surface area contributed by atoms with Gasteiger partial charge in [-0.2, -0.15) is 0 Å². The smallest absolute Gasteiger partial charge is 0.303 e. The zero-order chi connectivity index (χ0) is 18.3. The van der Waals surface area contributed by atoms with Gasteiger partial charge in [0.25, 0.3) is 0 Å². The van der Waals surface area contributed by atoms with E-state index in [4.69, 9.17) is 0 Å². The normalized spacial score (nSPS) is 26.5. The summed E-state index contributed by atoms with van der Waals surface area (Å²) in [5.74, 6) is 0.781. The van der Waals surface area contributed by atoms with Crippen molar-refractivity contribution in [2.75, 3.05) is 0 Å². The average Bonchev–Trinajstić information content (AvgIpc) is 2.45. The number of carbonyl (C=O) groups excluding carboxylic acids is 1. The molecule has 0 unspecified atom stereocenters. The van der Waals surface area contributed by atoms with Gasteiger partial charge in [-0.25, -0.2) is 0 Å². The van der Waals surface area contributed by atoms with Gasteiger partial charge < -0.3 is 5.11 Å². The summed E-state index contributed by atoms with van der Waals surface area (Å²) in [6.07, 6.45) is 6.59. The lowest BCUT2D eigenvalue weighted by Crippen LogP contribution is -2.31. The van der Waals surface area contributed by atoms with Gasteiger partial charge in [0.1, 0.15) is 5.78 Å². The second-order valence-corrected chi connectivity index (χ2v) is 13.7. The molecule has 0 aromatic heterocycles. The van der Waals surface area contributed by atoms with Crippen LogP contribution in [0.4, 0.5) is 0 Å². The lowest BCUT2D eigenvalue weighted by molar-refractivity contribution is -0.138. The molecule has 1 rings (SSSR count). The first kappa shape index (κ1) is 21.1. The van der Waals surface area contributed by atoms with Crippen LogP contribution in [0.5, 0.6) is 0 Å². The number of aliphatic carboxylic acids is 1. The van der Waals surface area contributed by atoms with Crippen LogP contribution in [0.1, 0.15) is 65.2 Å². The maximum atomic E-state index is 12.1. The minimum Gasteiger partial charge on any atom is -0.481 e. The molecule has 1 fully saturated rings. The number of hydrogen-bond acceptors (Lipinski definition) is 2. The fourth-order valence-corrected chi connectivity index (χ4v) is 5.34. The van der Waals surface area contributed by atoms with E-state index in [2.05, 4.69) is 39.2 Å². The molecule has 138 valence electrons. The van der Waals surface area contributed by atoms with Crippen molar-refractivity contribution < 1.29 is 14.7 Å². The molecule has 3 nitrogen and oxygen atoms in total. The van der Waals surface area contributed by atoms with Crippen molar-refractivity contribution in [1.29, 1.82) is 0 Å². The van der Waals surface area contributed by atoms with Crippen LogP contribution in [0.3, 0.4) is 0 Å². The summed E-state index contributed by atoms with van der Waals surface area (Å²) in [5.41, 5.74) is 3.79. The van der Waals surface area contributed by atoms with Gasteiger partial charge in [0.2, 0.25) is 0 Å².